The van der Waals surface area contributed by atoms with Crippen LogP contribution in [0.25, 0.3) is 0 Å². The number of amides is 2. The fourth-order valence-corrected chi connectivity index (χ4v) is 5.33. The monoisotopic (exact) mass is 387 g/mol. The second kappa shape index (κ2) is 6.80. The molecule has 0 spiro atoms. The van der Waals surface area contributed by atoms with Crippen molar-refractivity contribution < 1.29 is 14.7 Å². The van der Waals surface area contributed by atoms with Gasteiger partial charge < -0.3 is 5.11 Å². The number of nitrogens with zero attached hydrogens (tertiary/aromatic N) is 3. The highest BCUT2D eigenvalue weighted by molar-refractivity contribution is 6.06. The van der Waals surface area contributed by atoms with Crippen LogP contribution in [0.1, 0.15) is 29.2 Å². The Kier molecular flexibility index (Phi) is 4.23. The maximum atomic E-state index is 13.4. The van der Waals surface area contributed by atoms with Crippen molar-refractivity contribution in [3.8, 4) is 6.07 Å². The molecule has 0 radical (unpaired) electrons. The Balaban J connectivity index is 1.51. The SMILES string of the molecule is N#Cc1ccc(C2C3C(=O)N(Cc4ccccc4)C(=O)C3C3CC(O)CN32)cc1. The van der Waals surface area contributed by atoms with Gasteiger partial charge in [0.15, 0.2) is 0 Å². The molecule has 3 aliphatic heterocycles. The Labute approximate surface area is 169 Å². The first kappa shape index (κ1) is 18.0. The molecule has 5 atom stereocenters. The van der Waals surface area contributed by atoms with E-state index in [1.54, 1.807) is 12.1 Å². The van der Waals surface area contributed by atoms with Crippen LogP contribution < -0.4 is 0 Å². The number of aliphatic hydroxyl groups is 1. The zero-order chi connectivity index (χ0) is 20.1. The van der Waals surface area contributed by atoms with Crippen LogP contribution in [0.15, 0.2) is 54.6 Å². The van der Waals surface area contributed by atoms with E-state index in [4.69, 9.17) is 5.26 Å². The Hall–Kier alpha value is -3.01. The van der Waals surface area contributed by atoms with Crippen LogP contribution in [-0.4, -0.2) is 45.4 Å². The van der Waals surface area contributed by atoms with Crippen molar-refractivity contribution in [1.82, 2.24) is 9.80 Å². The van der Waals surface area contributed by atoms with Crippen LogP contribution in [-0.2, 0) is 16.1 Å². The summed E-state index contributed by atoms with van der Waals surface area (Å²) in [6.45, 7) is 0.739. The summed E-state index contributed by atoms with van der Waals surface area (Å²) in [5, 5.41) is 19.3. The fourth-order valence-electron chi connectivity index (χ4n) is 5.33. The third-order valence-electron chi connectivity index (χ3n) is 6.53. The normalized spacial score (nSPS) is 31.0. The van der Waals surface area contributed by atoms with Crippen molar-refractivity contribution >= 4 is 11.8 Å². The molecule has 3 aliphatic rings. The topological polar surface area (TPSA) is 84.6 Å². The van der Waals surface area contributed by atoms with E-state index >= 15 is 0 Å². The number of rotatable bonds is 3. The van der Waals surface area contributed by atoms with Gasteiger partial charge in [0, 0.05) is 18.6 Å². The van der Waals surface area contributed by atoms with Gasteiger partial charge >= 0.3 is 0 Å². The number of nitriles is 1. The van der Waals surface area contributed by atoms with Gasteiger partial charge in [0.2, 0.25) is 11.8 Å². The second-order valence-corrected chi connectivity index (χ2v) is 8.13. The van der Waals surface area contributed by atoms with Gasteiger partial charge in [-0.05, 0) is 29.7 Å². The van der Waals surface area contributed by atoms with Crippen LogP contribution in [0.4, 0.5) is 0 Å². The lowest BCUT2D eigenvalue weighted by Gasteiger charge is -2.28. The van der Waals surface area contributed by atoms with Crippen LogP contribution in [0.2, 0.25) is 0 Å². The zero-order valence-corrected chi connectivity index (χ0v) is 15.8. The molecule has 3 heterocycles. The van der Waals surface area contributed by atoms with Crippen LogP contribution in [0.3, 0.4) is 0 Å². The van der Waals surface area contributed by atoms with E-state index in [1.807, 2.05) is 42.5 Å². The van der Waals surface area contributed by atoms with E-state index in [2.05, 4.69) is 11.0 Å². The third-order valence-corrected chi connectivity index (χ3v) is 6.53. The third kappa shape index (κ3) is 2.78. The van der Waals surface area contributed by atoms with Crippen molar-refractivity contribution in [2.24, 2.45) is 11.8 Å². The number of carbonyl (C=O) groups is 2. The maximum Gasteiger partial charge on any atom is 0.235 e. The molecule has 146 valence electrons. The Bertz CT molecular complexity index is 998. The van der Waals surface area contributed by atoms with Crippen LogP contribution in [0, 0.1) is 23.2 Å². The molecular formula is C23H21N3O3. The Morgan fingerprint density at radius 3 is 2.38 bits per heavy atom. The van der Waals surface area contributed by atoms with Gasteiger partial charge in [0.05, 0.1) is 36.1 Å². The van der Waals surface area contributed by atoms with Crippen molar-refractivity contribution in [1.29, 1.82) is 5.26 Å². The number of hydrogen-bond acceptors (Lipinski definition) is 5. The van der Waals surface area contributed by atoms with E-state index in [0.717, 1.165) is 11.1 Å². The average Bonchev–Trinajstić information content (AvgIpc) is 3.33. The number of benzene rings is 2. The Morgan fingerprint density at radius 1 is 1.00 bits per heavy atom. The first-order valence-corrected chi connectivity index (χ1v) is 9.91. The highest BCUT2D eigenvalue weighted by atomic mass is 16.3. The number of fused-ring (bicyclic) bond motifs is 3. The summed E-state index contributed by atoms with van der Waals surface area (Å²) in [4.78, 5) is 30.2. The predicted molar refractivity (Wildman–Crippen MR) is 104 cm³/mol. The first-order chi connectivity index (χ1) is 14.1. The molecular weight excluding hydrogens is 366 g/mol. The summed E-state index contributed by atoms with van der Waals surface area (Å²) >= 11 is 0. The van der Waals surface area contributed by atoms with Crippen molar-refractivity contribution in [2.45, 2.75) is 31.2 Å². The quantitative estimate of drug-likeness (QED) is 0.813. The summed E-state index contributed by atoms with van der Waals surface area (Å²) in [6, 6.07) is 18.5. The molecule has 6 heteroatoms. The summed E-state index contributed by atoms with van der Waals surface area (Å²) in [7, 11) is 0. The number of likely N-dealkylation sites (tertiary alicyclic amines) is 1. The number of carbonyl (C=O) groups excluding carboxylic acids is 2. The standard InChI is InChI=1S/C23H21N3O3/c24-11-14-6-8-16(9-7-14)21-20-19(18-10-17(27)13-25(18)21)22(28)26(23(20)29)12-15-4-2-1-3-5-15/h1-9,17-21,27H,10,12-13H2. The summed E-state index contributed by atoms with van der Waals surface area (Å²) in [5.74, 6) is -1.15. The van der Waals surface area contributed by atoms with Gasteiger partial charge in [0.25, 0.3) is 0 Å². The Morgan fingerprint density at radius 2 is 1.69 bits per heavy atom. The molecule has 0 aliphatic carbocycles. The van der Waals surface area contributed by atoms with E-state index in [-0.39, 0.29) is 30.4 Å². The molecule has 2 aromatic carbocycles. The van der Waals surface area contributed by atoms with Gasteiger partial charge in [-0.25, -0.2) is 0 Å². The lowest BCUT2D eigenvalue weighted by atomic mass is 9.85. The first-order valence-electron chi connectivity index (χ1n) is 9.91. The highest BCUT2D eigenvalue weighted by Gasteiger charge is 2.63. The smallest absolute Gasteiger partial charge is 0.235 e. The summed E-state index contributed by atoms with van der Waals surface area (Å²) in [5.41, 5.74) is 2.39. The molecule has 0 aromatic heterocycles. The van der Waals surface area contributed by atoms with E-state index < -0.39 is 17.9 Å². The molecule has 29 heavy (non-hydrogen) atoms. The number of hydrogen-bond donors (Lipinski definition) is 1. The molecule has 0 bridgehead atoms. The van der Waals surface area contributed by atoms with Crippen LogP contribution in [0.5, 0.6) is 0 Å². The molecule has 5 unspecified atom stereocenters. The van der Waals surface area contributed by atoms with Gasteiger partial charge in [0.1, 0.15) is 0 Å². The van der Waals surface area contributed by atoms with Crippen molar-refractivity contribution in [2.75, 3.05) is 6.54 Å². The summed E-state index contributed by atoms with van der Waals surface area (Å²) in [6.07, 6.45) is 0.0134. The lowest BCUT2D eigenvalue weighted by molar-refractivity contribution is -0.142. The average molecular weight is 387 g/mol. The zero-order valence-electron chi connectivity index (χ0n) is 15.8. The van der Waals surface area contributed by atoms with Crippen molar-refractivity contribution in [3.63, 3.8) is 0 Å². The minimum Gasteiger partial charge on any atom is -0.392 e. The fraction of sp³-hybridized carbons (Fsp3) is 0.348. The second-order valence-electron chi connectivity index (χ2n) is 8.13. The minimum atomic E-state index is -0.493. The molecule has 5 rings (SSSR count). The molecule has 3 fully saturated rings. The van der Waals surface area contributed by atoms with E-state index in [0.29, 0.717) is 18.5 Å². The molecule has 6 nitrogen and oxygen atoms in total. The van der Waals surface area contributed by atoms with Crippen molar-refractivity contribution in [3.05, 3.63) is 71.3 Å². The lowest BCUT2D eigenvalue weighted by Crippen LogP contribution is -2.39. The maximum absolute atomic E-state index is 13.4. The highest BCUT2D eigenvalue weighted by Crippen LogP contribution is 2.53. The summed E-state index contributed by atoms with van der Waals surface area (Å²) < 4.78 is 0. The number of aliphatic hydroxyl groups excluding tert-OH is 1. The largest absolute Gasteiger partial charge is 0.392 e. The van der Waals surface area contributed by atoms with Gasteiger partial charge in [-0.2, -0.15) is 5.26 Å². The van der Waals surface area contributed by atoms with Gasteiger partial charge in [-0.15, -0.1) is 0 Å². The van der Waals surface area contributed by atoms with E-state index in [9.17, 15) is 14.7 Å². The van der Waals surface area contributed by atoms with Crippen LogP contribution >= 0.6 is 0 Å². The van der Waals surface area contributed by atoms with E-state index in [1.165, 1.54) is 4.90 Å². The number of imide groups is 1. The molecule has 1 N–H and O–H groups in total. The molecule has 3 saturated heterocycles. The minimum absolute atomic E-state index is 0.132. The molecule has 2 aromatic rings. The molecule has 0 saturated carbocycles. The van der Waals surface area contributed by atoms with Gasteiger partial charge in [-0.1, -0.05) is 42.5 Å². The van der Waals surface area contributed by atoms with Gasteiger partial charge in [-0.3, -0.25) is 19.4 Å². The molecule has 2 amide bonds. The predicted octanol–water partition coefficient (Wildman–Crippen LogP) is 1.85.